The molecule has 1 aromatic heterocycles. The van der Waals surface area contributed by atoms with Crippen molar-refractivity contribution in [3.8, 4) is 0 Å². The van der Waals surface area contributed by atoms with Gasteiger partial charge in [-0.2, -0.15) is 5.10 Å². The minimum atomic E-state index is 0.465. The van der Waals surface area contributed by atoms with Crippen molar-refractivity contribution in [3.63, 3.8) is 0 Å². The molecule has 1 atom stereocenters. The number of hydrogen-bond acceptors (Lipinski definition) is 2. The van der Waals surface area contributed by atoms with Gasteiger partial charge in [-0.05, 0) is 37.3 Å². The molecular weight excluding hydrogens is 222 g/mol. The molecular formula is C15H27N3. The molecule has 1 heterocycles. The molecule has 0 bridgehead atoms. The lowest BCUT2D eigenvalue weighted by Crippen LogP contribution is -2.44. The summed E-state index contributed by atoms with van der Waals surface area (Å²) in [5.74, 6) is 0. The Bertz CT molecular complexity index is 364. The van der Waals surface area contributed by atoms with Gasteiger partial charge in [0.15, 0.2) is 0 Å². The van der Waals surface area contributed by atoms with Crippen LogP contribution in [0.4, 0.5) is 0 Å². The smallest absolute Gasteiger partial charge is 0.0640 e. The summed E-state index contributed by atoms with van der Waals surface area (Å²) in [6.45, 7) is 5.81. The molecule has 0 amide bonds. The second-order valence-electron chi connectivity index (χ2n) is 6.05. The maximum Gasteiger partial charge on any atom is 0.0640 e. The first kappa shape index (κ1) is 13.6. The molecule has 1 aromatic rings. The predicted octanol–water partition coefficient (Wildman–Crippen LogP) is 2.91. The van der Waals surface area contributed by atoms with E-state index in [1.54, 1.807) is 0 Å². The minimum Gasteiger partial charge on any atom is -0.313 e. The molecule has 3 nitrogen and oxygen atoms in total. The lowest BCUT2D eigenvalue weighted by Gasteiger charge is -2.34. The Hall–Kier alpha value is -0.830. The second-order valence-corrected chi connectivity index (χ2v) is 6.05. The van der Waals surface area contributed by atoms with Crippen molar-refractivity contribution >= 4 is 0 Å². The van der Waals surface area contributed by atoms with E-state index in [0.717, 1.165) is 13.0 Å². The van der Waals surface area contributed by atoms with Crippen molar-refractivity contribution in [1.29, 1.82) is 0 Å². The quantitative estimate of drug-likeness (QED) is 0.840. The summed E-state index contributed by atoms with van der Waals surface area (Å²) in [5.41, 5.74) is 1.69. The molecule has 0 saturated heterocycles. The van der Waals surface area contributed by atoms with Gasteiger partial charge >= 0.3 is 0 Å². The van der Waals surface area contributed by atoms with Crippen molar-refractivity contribution in [1.82, 2.24) is 15.1 Å². The second kappa shape index (κ2) is 5.87. The number of nitrogens with one attached hydrogen (secondary N) is 1. The van der Waals surface area contributed by atoms with Crippen molar-refractivity contribution in [2.24, 2.45) is 12.5 Å². The van der Waals surface area contributed by atoms with Gasteiger partial charge in [0.25, 0.3) is 0 Å². The van der Waals surface area contributed by atoms with E-state index in [0.29, 0.717) is 11.5 Å². The maximum atomic E-state index is 4.54. The van der Waals surface area contributed by atoms with Crippen LogP contribution in [0, 0.1) is 5.41 Å². The summed E-state index contributed by atoms with van der Waals surface area (Å²) in [6, 6.07) is 2.73. The van der Waals surface area contributed by atoms with Gasteiger partial charge in [-0.3, -0.25) is 4.68 Å². The van der Waals surface area contributed by atoms with Crippen molar-refractivity contribution < 1.29 is 0 Å². The predicted molar refractivity (Wildman–Crippen MR) is 75.6 cm³/mol. The zero-order valence-electron chi connectivity index (χ0n) is 12.1. The first-order valence-electron chi connectivity index (χ1n) is 7.36. The third kappa shape index (κ3) is 3.14. The minimum absolute atomic E-state index is 0.465. The Kier molecular flexibility index (Phi) is 4.44. The molecule has 18 heavy (non-hydrogen) atoms. The molecule has 2 rings (SSSR count). The first-order valence-corrected chi connectivity index (χ1v) is 7.36. The van der Waals surface area contributed by atoms with Crippen LogP contribution in [0.1, 0.15) is 51.6 Å². The number of aromatic nitrogens is 2. The topological polar surface area (TPSA) is 29.9 Å². The molecule has 1 saturated carbocycles. The van der Waals surface area contributed by atoms with Crippen LogP contribution in [0.3, 0.4) is 0 Å². The largest absolute Gasteiger partial charge is 0.313 e. The summed E-state index contributed by atoms with van der Waals surface area (Å²) >= 11 is 0. The highest BCUT2D eigenvalue weighted by Gasteiger charge is 2.36. The van der Waals surface area contributed by atoms with E-state index in [2.05, 4.69) is 30.3 Å². The normalized spacial score (nSPS) is 20.2. The monoisotopic (exact) mass is 249 g/mol. The van der Waals surface area contributed by atoms with Crippen LogP contribution < -0.4 is 5.32 Å². The van der Waals surface area contributed by atoms with Gasteiger partial charge in [-0.25, -0.2) is 0 Å². The summed E-state index contributed by atoms with van der Waals surface area (Å²) in [7, 11) is 2.00. The molecule has 1 unspecified atom stereocenters. The van der Waals surface area contributed by atoms with Crippen LogP contribution in [0.2, 0.25) is 0 Å². The van der Waals surface area contributed by atoms with Crippen LogP contribution >= 0.6 is 0 Å². The fourth-order valence-electron chi connectivity index (χ4n) is 3.20. The highest BCUT2D eigenvalue weighted by atomic mass is 15.2. The fourth-order valence-corrected chi connectivity index (χ4v) is 3.20. The van der Waals surface area contributed by atoms with Crippen LogP contribution in [0.25, 0.3) is 0 Å². The molecule has 102 valence electrons. The van der Waals surface area contributed by atoms with Crippen molar-refractivity contribution in [3.05, 3.63) is 18.0 Å². The molecule has 1 aliphatic carbocycles. The number of rotatable bonds is 6. The highest BCUT2D eigenvalue weighted by molar-refractivity contribution is 5.05. The SMILES string of the molecule is CCCNC(Cc1ccn(C)n1)C1(C)CCCC1. The molecule has 0 aliphatic heterocycles. The average Bonchev–Trinajstić information content (AvgIpc) is 2.94. The van der Waals surface area contributed by atoms with E-state index >= 15 is 0 Å². The van der Waals surface area contributed by atoms with Crippen LogP contribution in [0.5, 0.6) is 0 Å². The van der Waals surface area contributed by atoms with Crippen LogP contribution in [0.15, 0.2) is 12.3 Å². The number of hydrogen-bond donors (Lipinski definition) is 1. The lowest BCUT2D eigenvalue weighted by atomic mass is 9.78. The number of nitrogens with zero attached hydrogens (tertiary/aromatic N) is 2. The van der Waals surface area contributed by atoms with Gasteiger partial charge in [-0.1, -0.05) is 26.7 Å². The summed E-state index contributed by atoms with van der Waals surface area (Å²) < 4.78 is 1.91. The molecule has 1 N–H and O–H groups in total. The van der Waals surface area contributed by atoms with Crippen LogP contribution in [-0.2, 0) is 13.5 Å². The molecule has 3 heteroatoms. The highest BCUT2D eigenvalue weighted by Crippen LogP contribution is 2.41. The van der Waals surface area contributed by atoms with Gasteiger partial charge in [0.05, 0.1) is 5.69 Å². The molecule has 1 fully saturated rings. The van der Waals surface area contributed by atoms with Crippen molar-refractivity contribution in [2.45, 2.75) is 58.4 Å². The Morgan fingerprint density at radius 2 is 2.17 bits per heavy atom. The summed E-state index contributed by atoms with van der Waals surface area (Å²) in [6.07, 6.45) is 9.82. The summed E-state index contributed by atoms with van der Waals surface area (Å²) in [5, 5.41) is 8.30. The van der Waals surface area contributed by atoms with Gasteiger partial charge in [-0.15, -0.1) is 0 Å². The lowest BCUT2D eigenvalue weighted by molar-refractivity contribution is 0.218. The Labute approximate surface area is 111 Å². The van der Waals surface area contributed by atoms with E-state index in [1.165, 1.54) is 37.8 Å². The standard InChI is InChI=1S/C15H27N3/c1-4-10-16-14(15(2)8-5-6-9-15)12-13-7-11-18(3)17-13/h7,11,14,16H,4-6,8-10,12H2,1-3H3. The third-order valence-corrected chi connectivity index (χ3v) is 4.41. The van der Waals surface area contributed by atoms with E-state index in [1.807, 2.05) is 17.9 Å². The van der Waals surface area contributed by atoms with E-state index < -0.39 is 0 Å². The van der Waals surface area contributed by atoms with Gasteiger partial charge in [0, 0.05) is 25.7 Å². The van der Waals surface area contributed by atoms with E-state index in [9.17, 15) is 0 Å². The number of aryl methyl sites for hydroxylation is 1. The maximum absolute atomic E-state index is 4.54. The Morgan fingerprint density at radius 1 is 1.44 bits per heavy atom. The summed E-state index contributed by atoms with van der Waals surface area (Å²) in [4.78, 5) is 0. The fraction of sp³-hybridized carbons (Fsp3) is 0.800. The molecule has 0 aromatic carbocycles. The van der Waals surface area contributed by atoms with Crippen LogP contribution in [-0.4, -0.2) is 22.4 Å². The molecule has 1 aliphatic rings. The average molecular weight is 249 g/mol. The zero-order valence-corrected chi connectivity index (χ0v) is 12.1. The van der Waals surface area contributed by atoms with E-state index in [4.69, 9.17) is 0 Å². The molecule has 0 spiro atoms. The first-order chi connectivity index (χ1) is 8.64. The van der Waals surface area contributed by atoms with Gasteiger partial charge in [0.2, 0.25) is 0 Å². The molecule has 0 radical (unpaired) electrons. The Balaban J connectivity index is 2.04. The van der Waals surface area contributed by atoms with Gasteiger partial charge < -0.3 is 5.32 Å². The third-order valence-electron chi connectivity index (χ3n) is 4.41. The Morgan fingerprint density at radius 3 is 2.72 bits per heavy atom. The van der Waals surface area contributed by atoms with Crippen molar-refractivity contribution in [2.75, 3.05) is 6.54 Å². The zero-order chi connectivity index (χ0) is 13.0. The van der Waals surface area contributed by atoms with Gasteiger partial charge in [0.1, 0.15) is 0 Å². The van der Waals surface area contributed by atoms with E-state index in [-0.39, 0.29) is 0 Å².